The predicted octanol–water partition coefficient (Wildman–Crippen LogP) is 3.37. The zero-order valence-electron chi connectivity index (χ0n) is 14.4. The molecule has 2 aromatic heterocycles. The van der Waals surface area contributed by atoms with Crippen LogP contribution in [-0.2, 0) is 6.42 Å². The van der Waals surface area contributed by atoms with Gasteiger partial charge in [0.05, 0.1) is 11.7 Å². The topological polar surface area (TPSA) is 92.5 Å². The molecule has 4 rings (SSSR count). The fraction of sp³-hybridized carbons (Fsp3) is 0.211. The van der Waals surface area contributed by atoms with Crippen LogP contribution in [-0.4, -0.2) is 33.0 Å². The maximum absolute atomic E-state index is 6.24. The number of nitrogens with zero attached hydrogens (tertiary/aromatic N) is 3. The molecule has 1 unspecified atom stereocenters. The summed E-state index contributed by atoms with van der Waals surface area (Å²) in [5, 5.41) is 21.5. The quantitative estimate of drug-likeness (QED) is 0.488. The second-order valence-electron chi connectivity index (χ2n) is 6.42. The summed E-state index contributed by atoms with van der Waals surface area (Å²) in [7, 11) is 0. The van der Waals surface area contributed by atoms with Gasteiger partial charge < -0.3 is 11.1 Å². The van der Waals surface area contributed by atoms with Crippen molar-refractivity contribution in [2.24, 2.45) is 5.73 Å². The normalized spacial score (nSPS) is 12.4. The number of aromatic nitrogens is 4. The minimum absolute atomic E-state index is 0.0207. The highest BCUT2D eigenvalue weighted by atomic mass is 32.1. The maximum Gasteiger partial charge on any atom is 0.206 e. The second-order valence-corrected chi connectivity index (χ2v) is 7.39. The molecule has 2 aromatic carbocycles. The first-order valence-electron chi connectivity index (χ1n) is 8.49. The smallest absolute Gasteiger partial charge is 0.206 e. The summed E-state index contributed by atoms with van der Waals surface area (Å²) < 4.78 is 0. The Kier molecular flexibility index (Phi) is 4.64. The van der Waals surface area contributed by atoms with Gasteiger partial charge in [-0.05, 0) is 37.1 Å². The van der Waals surface area contributed by atoms with Crippen LogP contribution in [0.25, 0.3) is 21.5 Å². The molecule has 0 fully saturated rings. The van der Waals surface area contributed by atoms with Crippen molar-refractivity contribution in [1.82, 2.24) is 20.4 Å². The van der Waals surface area contributed by atoms with Gasteiger partial charge in [0.1, 0.15) is 5.01 Å². The van der Waals surface area contributed by atoms with Gasteiger partial charge in [0, 0.05) is 23.5 Å². The number of nitrogens with one attached hydrogen (secondary N) is 2. The lowest BCUT2D eigenvalue weighted by Crippen LogP contribution is -2.31. The fourth-order valence-corrected chi connectivity index (χ4v) is 3.55. The second kappa shape index (κ2) is 7.23. The van der Waals surface area contributed by atoms with Gasteiger partial charge in [0.2, 0.25) is 5.13 Å². The zero-order valence-corrected chi connectivity index (χ0v) is 15.3. The first-order valence-corrected chi connectivity index (χ1v) is 9.31. The zero-order chi connectivity index (χ0) is 17.9. The van der Waals surface area contributed by atoms with Crippen molar-refractivity contribution in [2.45, 2.75) is 19.4 Å². The van der Waals surface area contributed by atoms with Gasteiger partial charge in [0.25, 0.3) is 0 Å². The Labute approximate surface area is 155 Å². The summed E-state index contributed by atoms with van der Waals surface area (Å²) in [6.45, 7) is 2.74. The summed E-state index contributed by atoms with van der Waals surface area (Å²) in [5.41, 5.74) is 10.8. The SMILES string of the molecule is Cc1ccc(CC(N)CNc2nnc(-c3ccc4[nH]ncc4c3)s2)cc1. The van der Waals surface area contributed by atoms with Crippen LogP contribution >= 0.6 is 11.3 Å². The van der Waals surface area contributed by atoms with Crippen LogP contribution in [0.15, 0.2) is 48.7 Å². The highest BCUT2D eigenvalue weighted by molar-refractivity contribution is 7.18. The van der Waals surface area contributed by atoms with Crippen molar-refractivity contribution in [2.75, 3.05) is 11.9 Å². The van der Waals surface area contributed by atoms with E-state index in [1.54, 1.807) is 0 Å². The average molecular weight is 364 g/mol. The molecule has 0 aliphatic carbocycles. The van der Waals surface area contributed by atoms with Crippen LogP contribution < -0.4 is 11.1 Å². The number of hydrogen-bond acceptors (Lipinski definition) is 6. The summed E-state index contributed by atoms with van der Waals surface area (Å²) >= 11 is 1.53. The number of anilines is 1. The van der Waals surface area contributed by atoms with Crippen LogP contribution in [0, 0.1) is 6.92 Å². The third-order valence-electron chi connectivity index (χ3n) is 4.25. The van der Waals surface area contributed by atoms with E-state index in [4.69, 9.17) is 5.73 Å². The minimum atomic E-state index is 0.0207. The molecule has 0 saturated heterocycles. The molecule has 0 aliphatic heterocycles. The highest BCUT2D eigenvalue weighted by Gasteiger charge is 2.10. The third-order valence-corrected chi connectivity index (χ3v) is 5.18. The molecule has 0 amide bonds. The average Bonchev–Trinajstić information content (AvgIpc) is 3.30. The lowest BCUT2D eigenvalue weighted by atomic mass is 10.1. The summed E-state index contributed by atoms with van der Waals surface area (Å²) in [6.07, 6.45) is 2.64. The van der Waals surface area contributed by atoms with Gasteiger partial charge in [-0.15, -0.1) is 10.2 Å². The Hall–Kier alpha value is -2.77. The molecule has 132 valence electrons. The minimum Gasteiger partial charge on any atom is -0.359 e. The van der Waals surface area contributed by atoms with Crippen molar-refractivity contribution in [1.29, 1.82) is 0 Å². The Morgan fingerprint density at radius 1 is 1.15 bits per heavy atom. The number of aromatic amines is 1. The molecule has 0 spiro atoms. The van der Waals surface area contributed by atoms with Crippen molar-refractivity contribution >= 4 is 27.4 Å². The van der Waals surface area contributed by atoms with E-state index >= 15 is 0 Å². The van der Waals surface area contributed by atoms with Gasteiger partial charge in [-0.3, -0.25) is 5.10 Å². The molecule has 0 saturated carbocycles. The summed E-state index contributed by atoms with van der Waals surface area (Å²) in [5.74, 6) is 0. The van der Waals surface area contributed by atoms with E-state index in [9.17, 15) is 0 Å². The fourth-order valence-electron chi connectivity index (χ4n) is 2.80. The van der Waals surface area contributed by atoms with Gasteiger partial charge in [-0.25, -0.2) is 0 Å². The van der Waals surface area contributed by atoms with Crippen LogP contribution in [0.1, 0.15) is 11.1 Å². The standard InChI is InChI=1S/C19H20N6S/c1-12-2-4-13(5-3-12)8-16(20)11-21-19-25-24-18(26-19)14-6-7-17-15(9-14)10-22-23-17/h2-7,9-10,16H,8,11,20H2,1H3,(H,21,25)(H,22,23). The van der Waals surface area contributed by atoms with E-state index in [1.807, 2.05) is 18.3 Å². The molecule has 6 nitrogen and oxygen atoms in total. The largest absolute Gasteiger partial charge is 0.359 e. The predicted molar refractivity (Wildman–Crippen MR) is 106 cm³/mol. The van der Waals surface area contributed by atoms with Gasteiger partial charge >= 0.3 is 0 Å². The molecule has 0 aliphatic rings. The van der Waals surface area contributed by atoms with Gasteiger partial charge in [-0.1, -0.05) is 41.2 Å². The van der Waals surface area contributed by atoms with Crippen LogP contribution in [0.3, 0.4) is 0 Å². The van der Waals surface area contributed by atoms with Crippen molar-refractivity contribution in [3.05, 3.63) is 59.8 Å². The first kappa shape index (κ1) is 16.7. The van der Waals surface area contributed by atoms with Crippen LogP contribution in [0.5, 0.6) is 0 Å². The number of nitrogens with two attached hydrogens (primary N) is 1. The monoisotopic (exact) mass is 364 g/mol. The number of H-pyrrole nitrogens is 1. The first-order chi connectivity index (χ1) is 12.7. The molecule has 7 heteroatoms. The van der Waals surface area contributed by atoms with E-state index in [2.05, 4.69) is 63.0 Å². The molecule has 0 bridgehead atoms. The highest BCUT2D eigenvalue weighted by Crippen LogP contribution is 2.28. The van der Waals surface area contributed by atoms with Crippen molar-refractivity contribution in [3.8, 4) is 10.6 Å². The molecular formula is C19H20N6S. The van der Waals surface area contributed by atoms with Gasteiger partial charge in [0.15, 0.2) is 0 Å². The Morgan fingerprint density at radius 2 is 2.00 bits per heavy atom. The van der Waals surface area contributed by atoms with E-state index in [0.29, 0.717) is 6.54 Å². The molecule has 1 atom stereocenters. The van der Waals surface area contributed by atoms with Gasteiger partial charge in [-0.2, -0.15) is 5.10 Å². The van der Waals surface area contributed by atoms with E-state index < -0.39 is 0 Å². The molecule has 4 N–H and O–H groups in total. The number of aryl methyl sites for hydroxylation is 1. The lowest BCUT2D eigenvalue weighted by molar-refractivity contribution is 0.698. The summed E-state index contributed by atoms with van der Waals surface area (Å²) in [6, 6.07) is 14.6. The van der Waals surface area contributed by atoms with Crippen LogP contribution in [0.4, 0.5) is 5.13 Å². The molecule has 4 aromatic rings. The van der Waals surface area contributed by atoms with Crippen LogP contribution in [0.2, 0.25) is 0 Å². The molecule has 2 heterocycles. The van der Waals surface area contributed by atoms with E-state index in [1.165, 1.54) is 22.5 Å². The Balaban J connectivity index is 1.37. The lowest BCUT2D eigenvalue weighted by Gasteiger charge is -2.12. The summed E-state index contributed by atoms with van der Waals surface area (Å²) in [4.78, 5) is 0. The third kappa shape index (κ3) is 3.74. The molecule has 0 radical (unpaired) electrons. The number of fused-ring (bicyclic) bond motifs is 1. The van der Waals surface area contributed by atoms with Crippen molar-refractivity contribution < 1.29 is 0 Å². The molecular weight excluding hydrogens is 344 g/mol. The number of benzene rings is 2. The Morgan fingerprint density at radius 3 is 2.85 bits per heavy atom. The van der Waals surface area contributed by atoms with E-state index in [0.717, 1.165) is 33.0 Å². The van der Waals surface area contributed by atoms with E-state index in [-0.39, 0.29) is 6.04 Å². The number of rotatable bonds is 6. The van der Waals surface area contributed by atoms with Crippen molar-refractivity contribution in [3.63, 3.8) is 0 Å². The molecule has 26 heavy (non-hydrogen) atoms. The number of hydrogen-bond donors (Lipinski definition) is 3. The Bertz CT molecular complexity index is 1000. The maximum atomic E-state index is 6.24.